The molecule has 1 aromatic carbocycles. The number of H-pyrrole nitrogens is 1. The van der Waals surface area contributed by atoms with Gasteiger partial charge in [-0.15, -0.1) is 0 Å². The van der Waals surface area contributed by atoms with E-state index < -0.39 is 0 Å². The number of hydrogen-bond acceptors (Lipinski definition) is 3. The van der Waals surface area contributed by atoms with Gasteiger partial charge in [0.15, 0.2) is 0 Å². The Labute approximate surface area is 103 Å². The Morgan fingerprint density at radius 2 is 2.11 bits per heavy atom. The smallest absolute Gasteiger partial charge is 0.271 e. The van der Waals surface area contributed by atoms with E-state index in [-0.39, 0.29) is 17.5 Å². The highest BCUT2D eigenvalue weighted by atomic mass is 19.1. The molecule has 94 valence electrons. The molecule has 3 N–H and O–H groups in total. The molecule has 0 radical (unpaired) electrons. The third-order valence-electron chi connectivity index (χ3n) is 2.51. The zero-order valence-electron chi connectivity index (χ0n) is 9.85. The summed E-state index contributed by atoms with van der Waals surface area (Å²) < 4.78 is 12.7. The fourth-order valence-electron chi connectivity index (χ4n) is 1.59. The van der Waals surface area contributed by atoms with Gasteiger partial charge in [0.1, 0.15) is 17.3 Å². The molecule has 0 aliphatic carbocycles. The van der Waals surface area contributed by atoms with E-state index in [2.05, 4.69) is 10.2 Å². The quantitative estimate of drug-likeness (QED) is 0.862. The monoisotopic (exact) mass is 248 g/mol. The minimum atomic E-state index is -0.297. The maximum Gasteiger partial charge on any atom is 0.271 e. The molecule has 1 heterocycles. The summed E-state index contributed by atoms with van der Waals surface area (Å²) in [6.45, 7) is 0.387. The first-order valence-electron chi connectivity index (χ1n) is 5.37. The highest BCUT2D eigenvalue weighted by Crippen LogP contribution is 2.09. The number of carbonyl (C=O) groups is 1. The second-order valence-corrected chi connectivity index (χ2v) is 3.99. The van der Waals surface area contributed by atoms with Crippen molar-refractivity contribution in [2.45, 2.75) is 6.54 Å². The van der Waals surface area contributed by atoms with E-state index in [1.54, 1.807) is 19.2 Å². The summed E-state index contributed by atoms with van der Waals surface area (Å²) in [7, 11) is 1.66. The predicted octanol–water partition coefficient (Wildman–Crippen LogP) is 1.40. The first kappa shape index (κ1) is 12.1. The van der Waals surface area contributed by atoms with Crippen LogP contribution in [0.2, 0.25) is 0 Å². The lowest BCUT2D eigenvalue weighted by Crippen LogP contribution is -2.26. The molecule has 0 unspecified atom stereocenters. The number of benzene rings is 1. The number of nitrogens with zero attached hydrogens (tertiary/aromatic N) is 2. The Morgan fingerprint density at radius 1 is 1.44 bits per heavy atom. The van der Waals surface area contributed by atoms with Crippen LogP contribution in [-0.2, 0) is 6.54 Å². The van der Waals surface area contributed by atoms with Crippen LogP contribution in [0.5, 0.6) is 0 Å². The van der Waals surface area contributed by atoms with Crippen molar-refractivity contribution in [3.8, 4) is 0 Å². The number of anilines is 1. The van der Waals surface area contributed by atoms with Crippen LogP contribution in [0.1, 0.15) is 16.1 Å². The molecular weight excluding hydrogens is 235 g/mol. The summed E-state index contributed by atoms with van der Waals surface area (Å²) in [6.07, 6.45) is 0. The third kappa shape index (κ3) is 2.65. The van der Waals surface area contributed by atoms with Crippen molar-refractivity contribution >= 4 is 11.7 Å². The summed E-state index contributed by atoms with van der Waals surface area (Å²) >= 11 is 0. The van der Waals surface area contributed by atoms with E-state index in [1.807, 2.05) is 0 Å². The molecule has 1 aromatic heterocycles. The summed E-state index contributed by atoms with van der Waals surface area (Å²) in [5.41, 5.74) is 6.61. The van der Waals surface area contributed by atoms with E-state index in [4.69, 9.17) is 5.73 Å². The van der Waals surface area contributed by atoms with Gasteiger partial charge >= 0.3 is 0 Å². The van der Waals surface area contributed by atoms with Crippen molar-refractivity contribution in [1.82, 2.24) is 15.1 Å². The van der Waals surface area contributed by atoms with Gasteiger partial charge in [-0.3, -0.25) is 9.89 Å². The van der Waals surface area contributed by atoms with E-state index in [9.17, 15) is 9.18 Å². The van der Waals surface area contributed by atoms with Crippen LogP contribution in [-0.4, -0.2) is 28.1 Å². The highest BCUT2D eigenvalue weighted by Gasteiger charge is 2.14. The molecule has 0 saturated carbocycles. The lowest BCUT2D eigenvalue weighted by molar-refractivity contribution is 0.0779. The van der Waals surface area contributed by atoms with E-state index in [1.165, 1.54) is 23.1 Å². The molecule has 0 bridgehead atoms. The Hall–Kier alpha value is -2.37. The lowest BCUT2D eigenvalue weighted by Gasteiger charge is -2.16. The Kier molecular flexibility index (Phi) is 3.27. The van der Waals surface area contributed by atoms with Crippen molar-refractivity contribution in [3.05, 3.63) is 47.4 Å². The molecule has 1 amide bonds. The van der Waals surface area contributed by atoms with E-state index in [0.29, 0.717) is 12.2 Å². The molecule has 2 rings (SSSR count). The predicted molar refractivity (Wildman–Crippen MR) is 65.2 cm³/mol. The minimum absolute atomic E-state index is 0.219. The molecule has 0 aliphatic rings. The lowest BCUT2D eigenvalue weighted by atomic mass is 10.2. The average molecular weight is 248 g/mol. The maximum absolute atomic E-state index is 12.7. The Morgan fingerprint density at radius 3 is 2.67 bits per heavy atom. The summed E-state index contributed by atoms with van der Waals surface area (Å²) in [4.78, 5) is 13.5. The number of hydrogen-bond donors (Lipinski definition) is 2. The Balaban J connectivity index is 2.05. The van der Waals surface area contributed by atoms with Gasteiger partial charge in [-0.05, 0) is 17.7 Å². The van der Waals surface area contributed by atoms with E-state index >= 15 is 0 Å². The van der Waals surface area contributed by atoms with Gasteiger partial charge in [-0.1, -0.05) is 12.1 Å². The van der Waals surface area contributed by atoms with Crippen LogP contribution in [0.3, 0.4) is 0 Å². The van der Waals surface area contributed by atoms with Gasteiger partial charge in [-0.25, -0.2) is 4.39 Å². The molecule has 0 fully saturated rings. The number of amides is 1. The van der Waals surface area contributed by atoms with Gasteiger partial charge in [-0.2, -0.15) is 5.10 Å². The van der Waals surface area contributed by atoms with Crippen molar-refractivity contribution in [1.29, 1.82) is 0 Å². The van der Waals surface area contributed by atoms with Crippen LogP contribution in [0.25, 0.3) is 0 Å². The Bertz CT molecular complexity index is 549. The van der Waals surface area contributed by atoms with E-state index in [0.717, 1.165) is 5.56 Å². The summed E-state index contributed by atoms with van der Waals surface area (Å²) in [6, 6.07) is 7.48. The largest absolute Gasteiger partial charge is 0.382 e. The minimum Gasteiger partial charge on any atom is -0.382 e. The molecule has 0 spiro atoms. The first-order valence-corrected chi connectivity index (χ1v) is 5.37. The molecule has 6 heteroatoms. The second kappa shape index (κ2) is 4.87. The third-order valence-corrected chi connectivity index (χ3v) is 2.51. The first-order chi connectivity index (χ1) is 8.56. The molecule has 2 aromatic rings. The van der Waals surface area contributed by atoms with Gasteiger partial charge < -0.3 is 10.6 Å². The fourth-order valence-corrected chi connectivity index (χ4v) is 1.59. The van der Waals surface area contributed by atoms with Crippen LogP contribution in [0.15, 0.2) is 30.3 Å². The fraction of sp³-hybridized carbons (Fsp3) is 0.167. The number of aromatic nitrogens is 2. The number of rotatable bonds is 3. The SMILES string of the molecule is CN(Cc1ccc(F)cc1)C(=O)c1cc(N)n[nH]1. The zero-order chi connectivity index (χ0) is 13.1. The number of halogens is 1. The molecule has 18 heavy (non-hydrogen) atoms. The number of nitrogens with one attached hydrogen (secondary N) is 1. The average Bonchev–Trinajstić information content (AvgIpc) is 2.78. The van der Waals surface area contributed by atoms with Crippen molar-refractivity contribution in [2.24, 2.45) is 0 Å². The van der Waals surface area contributed by atoms with Gasteiger partial charge in [0.2, 0.25) is 0 Å². The number of nitrogens with two attached hydrogens (primary N) is 1. The molecule has 0 aliphatic heterocycles. The van der Waals surface area contributed by atoms with Gasteiger partial charge in [0, 0.05) is 19.7 Å². The van der Waals surface area contributed by atoms with Crippen LogP contribution in [0, 0.1) is 5.82 Å². The molecule has 0 atom stereocenters. The number of aromatic amines is 1. The van der Waals surface area contributed by atoms with Crippen LogP contribution < -0.4 is 5.73 Å². The summed E-state index contributed by atoms with van der Waals surface area (Å²) in [5.74, 6) is -0.244. The topological polar surface area (TPSA) is 75.0 Å². The maximum atomic E-state index is 12.7. The van der Waals surface area contributed by atoms with Crippen LogP contribution in [0.4, 0.5) is 10.2 Å². The number of carbonyl (C=O) groups excluding carboxylic acids is 1. The molecule has 0 saturated heterocycles. The van der Waals surface area contributed by atoms with Crippen LogP contribution >= 0.6 is 0 Å². The second-order valence-electron chi connectivity index (χ2n) is 3.99. The van der Waals surface area contributed by atoms with Crippen molar-refractivity contribution in [3.63, 3.8) is 0 Å². The van der Waals surface area contributed by atoms with Gasteiger partial charge in [0.05, 0.1) is 0 Å². The zero-order valence-corrected chi connectivity index (χ0v) is 9.85. The normalized spacial score (nSPS) is 10.3. The van der Waals surface area contributed by atoms with Crippen molar-refractivity contribution < 1.29 is 9.18 Å². The summed E-state index contributed by atoms with van der Waals surface area (Å²) in [5, 5.41) is 6.25. The number of nitrogen functional groups attached to an aromatic ring is 1. The van der Waals surface area contributed by atoms with Gasteiger partial charge in [0.25, 0.3) is 5.91 Å². The standard InChI is InChI=1S/C12H13FN4O/c1-17(7-8-2-4-9(13)5-3-8)12(18)10-6-11(14)16-15-10/h2-6H,7H2,1H3,(H3,14,15,16). The highest BCUT2D eigenvalue weighted by molar-refractivity contribution is 5.92. The molecule has 5 nitrogen and oxygen atoms in total. The van der Waals surface area contributed by atoms with Crippen molar-refractivity contribution in [2.75, 3.05) is 12.8 Å². The molecular formula is C12H13FN4O.